The molecule has 0 atom stereocenters. The first-order chi connectivity index (χ1) is 8.36. The molecule has 1 aromatic carbocycles. The molecule has 86 valence electrons. The average Bonchev–Trinajstić information content (AvgIpc) is 2.86. The van der Waals surface area contributed by atoms with E-state index in [-0.39, 0.29) is 6.79 Å². The van der Waals surface area contributed by atoms with E-state index in [0.29, 0.717) is 5.82 Å². The highest BCUT2D eigenvalue weighted by Crippen LogP contribution is 2.35. The number of hydrogen-bond donors (Lipinski definition) is 2. The largest absolute Gasteiger partial charge is 0.454 e. The van der Waals surface area contributed by atoms with E-state index in [4.69, 9.17) is 15.3 Å². The zero-order chi connectivity index (χ0) is 11.7. The van der Waals surface area contributed by atoms with E-state index in [0.717, 1.165) is 22.8 Å². The maximum absolute atomic E-state index is 5.30. The number of nitrogens with two attached hydrogens (primary N) is 1. The topological polar surface area (TPSA) is 82.3 Å². The molecule has 2 heterocycles. The molecular weight excluding hydrogens is 220 g/mol. The van der Waals surface area contributed by atoms with E-state index in [9.17, 15) is 0 Å². The molecule has 1 aliphatic heterocycles. The number of nitrogens with one attached hydrogen (secondary N) is 1. The predicted octanol–water partition coefficient (Wildman–Crippen LogP) is 1.16. The van der Waals surface area contributed by atoms with Crippen LogP contribution in [0.15, 0.2) is 30.3 Å². The second kappa shape index (κ2) is 3.91. The summed E-state index contributed by atoms with van der Waals surface area (Å²) in [7, 11) is 0. The molecule has 0 unspecified atom stereocenters. The van der Waals surface area contributed by atoms with Gasteiger partial charge in [0.05, 0.1) is 5.69 Å². The number of hydrogen-bond acceptors (Lipinski definition) is 6. The summed E-state index contributed by atoms with van der Waals surface area (Å²) in [6, 6.07) is 9.23. The maximum atomic E-state index is 5.30. The Morgan fingerprint density at radius 3 is 2.71 bits per heavy atom. The average molecular weight is 230 g/mol. The highest BCUT2D eigenvalue weighted by atomic mass is 16.7. The minimum atomic E-state index is 0.264. The third-order valence-corrected chi connectivity index (χ3v) is 2.48. The predicted molar refractivity (Wildman–Crippen MR) is 61.4 cm³/mol. The number of anilines is 1. The number of fused-ring (bicyclic) bond motifs is 1. The zero-order valence-electron chi connectivity index (χ0n) is 8.88. The summed E-state index contributed by atoms with van der Waals surface area (Å²) in [5, 5.41) is 7.97. The third-order valence-electron chi connectivity index (χ3n) is 2.48. The van der Waals surface area contributed by atoms with Crippen LogP contribution in [0.5, 0.6) is 11.5 Å². The summed E-state index contributed by atoms with van der Waals surface area (Å²) in [6.45, 7) is 0.264. The molecule has 2 aromatic rings. The Kier molecular flexibility index (Phi) is 2.27. The smallest absolute Gasteiger partial charge is 0.231 e. The first kappa shape index (κ1) is 9.86. The van der Waals surface area contributed by atoms with Crippen LogP contribution in [0.2, 0.25) is 0 Å². The van der Waals surface area contributed by atoms with Crippen molar-refractivity contribution in [1.29, 1.82) is 0 Å². The second-order valence-electron chi connectivity index (χ2n) is 3.52. The fourth-order valence-corrected chi connectivity index (χ4v) is 1.62. The van der Waals surface area contributed by atoms with Crippen molar-refractivity contribution in [1.82, 2.24) is 10.2 Å². The van der Waals surface area contributed by atoms with Crippen LogP contribution < -0.4 is 20.7 Å². The van der Waals surface area contributed by atoms with Crippen molar-refractivity contribution in [2.75, 3.05) is 12.2 Å². The van der Waals surface area contributed by atoms with Crippen LogP contribution in [0, 0.1) is 0 Å². The Hall–Kier alpha value is -2.34. The van der Waals surface area contributed by atoms with E-state index in [1.807, 2.05) is 24.3 Å². The van der Waals surface area contributed by atoms with Crippen LogP contribution in [0.1, 0.15) is 0 Å². The van der Waals surface area contributed by atoms with Gasteiger partial charge in [0, 0.05) is 5.56 Å². The molecule has 0 saturated heterocycles. The zero-order valence-corrected chi connectivity index (χ0v) is 8.88. The molecule has 1 aliphatic rings. The second-order valence-corrected chi connectivity index (χ2v) is 3.52. The molecule has 1 aromatic heterocycles. The van der Waals surface area contributed by atoms with Crippen molar-refractivity contribution >= 4 is 5.82 Å². The lowest BCUT2D eigenvalue weighted by molar-refractivity contribution is 0.174. The molecule has 6 heteroatoms. The van der Waals surface area contributed by atoms with Gasteiger partial charge in [-0.1, -0.05) is 0 Å². The molecule has 3 rings (SSSR count). The number of benzene rings is 1. The standard InChI is InChI=1S/C11H10N4O2/c12-13-11-4-2-8(14-15-11)7-1-3-9-10(5-7)17-6-16-9/h1-5H,6,12H2,(H,13,15). The van der Waals surface area contributed by atoms with Gasteiger partial charge in [-0.15, -0.1) is 10.2 Å². The first-order valence-electron chi connectivity index (χ1n) is 5.07. The molecule has 0 radical (unpaired) electrons. The Bertz CT molecular complexity index is 542. The first-order valence-corrected chi connectivity index (χ1v) is 5.07. The summed E-state index contributed by atoms with van der Waals surface area (Å²) < 4.78 is 10.5. The Morgan fingerprint density at radius 2 is 1.94 bits per heavy atom. The lowest BCUT2D eigenvalue weighted by Gasteiger charge is -2.03. The van der Waals surface area contributed by atoms with Crippen molar-refractivity contribution < 1.29 is 9.47 Å². The highest BCUT2D eigenvalue weighted by Gasteiger charge is 2.14. The maximum Gasteiger partial charge on any atom is 0.231 e. The summed E-state index contributed by atoms with van der Waals surface area (Å²) in [5.41, 5.74) is 4.10. The number of rotatable bonds is 2. The van der Waals surface area contributed by atoms with Crippen LogP contribution >= 0.6 is 0 Å². The molecule has 0 bridgehead atoms. The summed E-state index contributed by atoms with van der Waals surface area (Å²) >= 11 is 0. The van der Waals surface area contributed by atoms with Gasteiger partial charge in [-0.05, 0) is 30.3 Å². The van der Waals surface area contributed by atoms with Crippen molar-refractivity contribution in [3.05, 3.63) is 30.3 Å². The van der Waals surface area contributed by atoms with Gasteiger partial charge in [0.2, 0.25) is 6.79 Å². The van der Waals surface area contributed by atoms with Gasteiger partial charge >= 0.3 is 0 Å². The highest BCUT2D eigenvalue weighted by molar-refractivity contribution is 5.64. The number of ether oxygens (including phenoxy) is 2. The van der Waals surface area contributed by atoms with E-state index in [1.54, 1.807) is 6.07 Å². The fourth-order valence-electron chi connectivity index (χ4n) is 1.62. The molecular formula is C11H10N4O2. The third kappa shape index (κ3) is 1.74. The monoisotopic (exact) mass is 230 g/mol. The van der Waals surface area contributed by atoms with Crippen LogP contribution in [-0.2, 0) is 0 Å². The SMILES string of the molecule is NNc1ccc(-c2ccc3c(c2)OCO3)nn1. The van der Waals surface area contributed by atoms with Crippen molar-refractivity contribution in [2.45, 2.75) is 0 Å². The lowest BCUT2D eigenvalue weighted by Crippen LogP contribution is -2.08. The normalized spacial score (nSPS) is 12.5. The number of nitrogens with zero attached hydrogens (tertiary/aromatic N) is 2. The van der Waals surface area contributed by atoms with Crippen LogP contribution in [0.25, 0.3) is 11.3 Å². The summed E-state index contributed by atoms with van der Waals surface area (Å²) in [6.07, 6.45) is 0. The van der Waals surface area contributed by atoms with Gasteiger partial charge in [0.1, 0.15) is 0 Å². The van der Waals surface area contributed by atoms with E-state index in [2.05, 4.69) is 15.6 Å². The molecule has 0 amide bonds. The van der Waals surface area contributed by atoms with E-state index in [1.165, 1.54) is 0 Å². The van der Waals surface area contributed by atoms with Crippen LogP contribution in [0.4, 0.5) is 5.82 Å². The van der Waals surface area contributed by atoms with E-state index >= 15 is 0 Å². The molecule has 0 fully saturated rings. The molecule has 0 aliphatic carbocycles. The van der Waals surface area contributed by atoms with Crippen LogP contribution in [0.3, 0.4) is 0 Å². The van der Waals surface area contributed by atoms with Gasteiger partial charge in [0.15, 0.2) is 17.3 Å². The lowest BCUT2D eigenvalue weighted by atomic mass is 10.1. The van der Waals surface area contributed by atoms with Crippen molar-refractivity contribution in [3.63, 3.8) is 0 Å². The van der Waals surface area contributed by atoms with Gasteiger partial charge in [0.25, 0.3) is 0 Å². The Morgan fingerprint density at radius 1 is 1.06 bits per heavy atom. The quantitative estimate of drug-likeness (QED) is 0.595. The molecule has 17 heavy (non-hydrogen) atoms. The minimum absolute atomic E-state index is 0.264. The van der Waals surface area contributed by atoms with E-state index < -0.39 is 0 Å². The van der Waals surface area contributed by atoms with Gasteiger partial charge in [-0.3, -0.25) is 0 Å². The fraction of sp³-hybridized carbons (Fsp3) is 0.0909. The van der Waals surface area contributed by atoms with Crippen molar-refractivity contribution in [3.8, 4) is 22.8 Å². The Balaban J connectivity index is 1.97. The van der Waals surface area contributed by atoms with Gasteiger partial charge in [-0.2, -0.15) is 0 Å². The van der Waals surface area contributed by atoms with Crippen LogP contribution in [-0.4, -0.2) is 17.0 Å². The Labute approximate surface area is 97.3 Å². The molecule has 0 spiro atoms. The van der Waals surface area contributed by atoms with Gasteiger partial charge in [-0.25, -0.2) is 5.84 Å². The summed E-state index contributed by atoms with van der Waals surface area (Å²) in [4.78, 5) is 0. The number of hydrazine groups is 1. The molecule has 0 saturated carbocycles. The summed E-state index contributed by atoms with van der Waals surface area (Å²) in [5.74, 6) is 7.22. The van der Waals surface area contributed by atoms with Crippen molar-refractivity contribution in [2.24, 2.45) is 5.84 Å². The number of nitrogen functional groups attached to an aromatic ring is 1. The minimum Gasteiger partial charge on any atom is -0.454 e. The molecule has 6 nitrogen and oxygen atoms in total. The number of aromatic nitrogens is 2. The molecule has 3 N–H and O–H groups in total. The van der Waals surface area contributed by atoms with Gasteiger partial charge < -0.3 is 14.9 Å².